The Morgan fingerprint density at radius 2 is 1.88 bits per heavy atom. The number of hydrogen-bond donors (Lipinski definition) is 1. The number of nitrogens with zero attached hydrogens (tertiary/aromatic N) is 2. The van der Waals surface area contributed by atoms with Gasteiger partial charge in [-0.3, -0.25) is 14.6 Å². The van der Waals surface area contributed by atoms with Crippen LogP contribution in [0.5, 0.6) is 5.75 Å². The molecule has 33 heavy (non-hydrogen) atoms. The first-order valence-electron chi connectivity index (χ1n) is 10.6. The van der Waals surface area contributed by atoms with Gasteiger partial charge in [-0.05, 0) is 52.8 Å². The third-order valence-corrected chi connectivity index (χ3v) is 6.66. The number of amides is 1. The molecule has 0 aliphatic carbocycles. The van der Waals surface area contributed by atoms with Crippen LogP contribution in [0.3, 0.4) is 0 Å². The molecule has 7 heteroatoms. The third kappa shape index (κ3) is 4.28. The van der Waals surface area contributed by atoms with E-state index in [1.807, 2.05) is 56.5 Å². The highest BCUT2D eigenvalue weighted by atomic mass is 32.1. The van der Waals surface area contributed by atoms with Crippen molar-refractivity contribution < 1.29 is 19.4 Å². The normalized spacial score (nSPS) is 18.1. The number of carbonyl (C=O) groups excluding carboxylic acids is 2. The van der Waals surface area contributed by atoms with Gasteiger partial charge in [0.25, 0.3) is 11.7 Å². The molecule has 1 aliphatic rings. The smallest absolute Gasteiger partial charge is 0.295 e. The number of Topliss-reactive ketones (excluding diaryl/α,β-unsaturated/α-hetero) is 1. The number of benzene rings is 1. The molecule has 3 heterocycles. The standard InChI is InChI=1S/C26H26N2O4S/c1-26(2,3)18-14-17(7-8-19(18)32-4)23(29)21-22(20-6-5-13-33-20)28(25(31)24(21)30)15-16-9-11-27-12-10-16/h5-14,22,29H,15H2,1-4H3/b23-21-. The van der Waals surface area contributed by atoms with Crippen LogP contribution in [0.4, 0.5) is 0 Å². The Kier molecular flexibility index (Phi) is 6.08. The van der Waals surface area contributed by atoms with Crippen LogP contribution >= 0.6 is 11.3 Å². The average Bonchev–Trinajstić information content (AvgIpc) is 3.41. The second-order valence-corrected chi connectivity index (χ2v) is 9.94. The Hall–Kier alpha value is -3.45. The first-order chi connectivity index (χ1) is 15.7. The van der Waals surface area contributed by atoms with Gasteiger partial charge >= 0.3 is 0 Å². The average molecular weight is 463 g/mol. The number of ketones is 1. The molecule has 170 valence electrons. The number of aliphatic hydroxyl groups excluding tert-OH is 1. The van der Waals surface area contributed by atoms with Gasteiger partial charge in [0.1, 0.15) is 11.5 Å². The van der Waals surface area contributed by atoms with Crippen molar-refractivity contribution in [1.82, 2.24) is 9.88 Å². The summed E-state index contributed by atoms with van der Waals surface area (Å²) < 4.78 is 5.50. The molecule has 1 atom stereocenters. The number of likely N-dealkylation sites (tertiary alicyclic amines) is 1. The predicted octanol–water partition coefficient (Wildman–Crippen LogP) is 5.07. The summed E-state index contributed by atoms with van der Waals surface area (Å²) in [4.78, 5) is 32.6. The highest BCUT2D eigenvalue weighted by Crippen LogP contribution is 2.42. The molecule has 0 saturated carbocycles. The Morgan fingerprint density at radius 3 is 2.48 bits per heavy atom. The molecule has 1 N–H and O–H groups in total. The molecular weight excluding hydrogens is 436 g/mol. The van der Waals surface area contributed by atoms with Gasteiger partial charge in [-0.25, -0.2) is 0 Å². The molecule has 0 radical (unpaired) electrons. The molecule has 4 rings (SSSR count). The molecule has 1 aliphatic heterocycles. The maximum absolute atomic E-state index is 13.2. The lowest BCUT2D eigenvalue weighted by Crippen LogP contribution is -2.28. The predicted molar refractivity (Wildman–Crippen MR) is 128 cm³/mol. The van der Waals surface area contributed by atoms with E-state index < -0.39 is 17.7 Å². The van der Waals surface area contributed by atoms with Crippen molar-refractivity contribution in [2.24, 2.45) is 0 Å². The van der Waals surface area contributed by atoms with Gasteiger partial charge in [-0.1, -0.05) is 26.8 Å². The van der Waals surface area contributed by atoms with E-state index in [4.69, 9.17) is 4.74 Å². The first kappa shape index (κ1) is 22.7. The van der Waals surface area contributed by atoms with Gasteiger partial charge in [0.05, 0.1) is 18.7 Å². The molecule has 1 saturated heterocycles. The van der Waals surface area contributed by atoms with E-state index in [0.29, 0.717) is 11.3 Å². The number of rotatable bonds is 5. The maximum atomic E-state index is 13.2. The SMILES string of the molecule is COc1ccc(/C(O)=C2/C(=O)C(=O)N(Cc3ccncc3)C2c2cccs2)cc1C(C)(C)C. The van der Waals surface area contributed by atoms with Crippen LogP contribution < -0.4 is 4.74 Å². The molecule has 1 amide bonds. The van der Waals surface area contributed by atoms with E-state index in [1.54, 1.807) is 31.6 Å². The number of aromatic nitrogens is 1. The molecule has 0 bridgehead atoms. The number of ether oxygens (including phenoxy) is 1. The second kappa shape index (κ2) is 8.83. The minimum atomic E-state index is -0.687. The van der Waals surface area contributed by atoms with E-state index in [-0.39, 0.29) is 23.3 Å². The number of pyridine rings is 1. The molecule has 3 aromatic rings. The molecular formula is C26H26N2O4S. The monoisotopic (exact) mass is 462 g/mol. The summed E-state index contributed by atoms with van der Waals surface area (Å²) >= 11 is 1.44. The van der Waals surface area contributed by atoms with E-state index in [9.17, 15) is 14.7 Å². The van der Waals surface area contributed by atoms with Crippen molar-refractivity contribution in [2.45, 2.75) is 38.8 Å². The van der Waals surface area contributed by atoms with Crippen molar-refractivity contribution in [3.63, 3.8) is 0 Å². The lowest BCUT2D eigenvalue weighted by atomic mass is 9.84. The quantitative estimate of drug-likeness (QED) is 0.325. The highest BCUT2D eigenvalue weighted by molar-refractivity contribution is 7.10. The van der Waals surface area contributed by atoms with E-state index in [0.717, 1.165) is 16.0 Å². The number of carbonyl (C=O) groups is 2. The molecule has 1 aromatic carbocycles. The van der Waals surface area contributed by atoms with Crippen LogP contribution in [0, 0.1) is 0 Å². The van der Waals surface area contributed by atoms with E-state index >= 15 is 0 Å². The van der Waals surface area contributed by atoms with Crippen molar-refractivity contribution >= 4 is 28.8 Å². The van der Waals surface area contributed by atoms with E-state index in [1.165, 1.54) is 16.2 Å². The fraction of sp³-hybridized carbons (Fsp3) is 0.269. The van der Waals surface area contributed by atoms with Crippen molar-refractivity contribution in [2.75, 3.05) is 7.11 Å². The van der Waals surface area contributed by atoms with Crippen molar-refractivity contribution in [1.29, 1.82) is 0 Å². The zero-order valence-electron chi connectivity index (χ0n) is 19.0. The molecule has 1 fully saturated rings. The van der Waals surface area contributed by atoms with Gasteiger partial charge in [-0.15, -0.1) is 11.3 Å². The van der Waals surface area contributed by atoms with Crippen LogP contribution in [-0.2, 0) is 21.5 Å². The number of thiophene rings is 1. The summed E-state index contributed by atoms with van der Waals surface area (Å²) in [6, 6.07) is 12.0. The molecule has 2 aromatic heterocycles. The van der Waals surface area contributed by atoms with Crippen LogP contribution in [0.15, 0.2) is 65.8 Å². The van der Waals surface area contributed by atoms with Gasteiger partial charge < -0.3 is 14.7 Å². The summed E-state index contributed by atoms with van der Waals surface area (Å²) in [5.41, 5.74) is 2.08. The topological polar surface area (TPSA) is 79.7 Å². The zero-order chi connectivity index (χ0) is 23.8. The second-order valence-electron chi connectivity index (χ2n) is 8.96. The summed E-state index contributed by atoms with van der Waals surface area (Å²) in [7, 11) is 1.60. The minimum absolute atomic E-state index is 0.0986. The maximum Gasteiger partial charge on any atom is 0.295 e. The number of hydrogen-bond acceptors (Lipinski definition) is 6. The number of methoxy groups -OCH3 is 1. The molecule has 1 unspecified atom stereocenters. The van der Waals surface area contributed by atoms with Crippen LogP contribution in [0.1, 0.15) is 48.4 Å². The fourth-order valence-corrected chi connectivity index (χ4v) is 4.91. The summed E-state index contributed by atoms with van der Waals surface area (Å²) in [5, 5.41) is 13.2. The summed E-state index contributed by atoms with van der Waals surface area (Å²) in [5.74, 6) is -0.798. The van der Waals surface area contributed by atoms with Crippen LogP contribution in [0.2, 0.25) is 0 Å². The Bertz CT molecular complexity index is 1210. The summed E-state index contributed by atoms with van der Waals surface area (Å²) in [6.45, 7) is 6.39. The van der Waals surface area contributed by atoms with Gasteiger partial charge in [0.2, 0.25) is 0 Å². The highest BCUT2D eigenvalue weighted by Gasteiger charge is 2.46. The van der Waals surface area contributed by atoms with Gasteiger partial charge in [-0.2, -0.15) is 0 Å². The van der Waals surface area contributed by atoms with Gasteiger partial charge in [0, 0.05) is 34.9 Å². The fourth-order valence-electron chi connectivity index (χ4n) is 4.07. The zero-order valence-corrected chi connectivity index (χ0v) is 19.8. The Balaban J connectivity index is 1.86. The largest absolute Gasteiger partial charge is 0.507 e. The van der Waals surface area contributed by atoms with Crippen molar-refractivity contribution in [3.05, 3.63) is 87.4 Å². The minimum Gasteiger partial charge on any atom is -0.507 e. The Labute approximate surface area is 197 Å². The van der Waals surface area contributed by atoms with E-state index in [2.05, 4.69) is 4.98 Å². The van der Waals surface area contributed by atoms with Gasteiger partial charge in [0.15, 0.2) is 0 Å². The van der Waals surface area contributed by atoms with Crippen molar-refractivity contribution in [3.8, 4) is 5.75 Å². The Morgan fingerprint density at radius 1 is 1.15 bits per heavy atom. The van der Waals surface area contributed by atoms with Crippen LogP contribution in [0.25, 0.3) is 5.76 Å². The first-order valence-corrected chi connectivity index (χ1v) is 11.5. The third-order valence-electron chi connectivity index (χ3n) is 5.74. The number of aliphatic hydroxyl groups is 1. The lowest BCUT2D eigenvalue weighted by molar-refractivity contribution is -0.140. The van der Waals surface area contributed by atoms with Crippen LogP contribution in [-0.4, -0.2) is 33.8 Å². The lowest BCUT2D eigenvalue weighted by Gasteiger charge is -2.25. The summed E-state index contributed by atoms with van der Waals surface area (Å²) in [6.07, 6.45) is 3.30. The molecule has 6 nitrogen and oxygen atoms in total. The molecule has 0 spiro atoms.